The third-order valence-electron chi connectivity index (χ3n) is 11.8. The van der Waals surface area contributed by atoms with E-state index >= 15 is 0 Å². The molecule has 7 aromatic carbocycles. The van der Waals surface area contributed by atoms with Crippen LogP contribution in [0.15, 0.2) is 167 Å². The fourth-order valence-corrected chi connectivity index (χ4v) is 9.34. The Balaban J connectivity index is 1.08. The topological polar surface area (TPSA) is 49.3 Å². The minimum atomic E-state index is -0.328. The summed E-state index contributed by atoms with van der Waals surface area (Å²) in [6.07, 6.45) is 6.93. The second kappa shape index (κ2) is 11.1. The highest BCUT2D eigenvalue weighted by molar-refractivity contribution is 6.18. The minimum Gasteiger partial charge on any atom is -0.487 e. The quantitative estimate of drug-likeness (QED) is 0.105. The summed E-state index contributed by atoms with van der Waals surface area (Å²) in [6.45, 7) is 0. The van der Waals surface area contributed by atoms with Gasteiger partial charge in [0.25, 0.3) is 0 Å². The lowest BCUT2D eigenvalue weighted by atomic mass is 9.88. The predicted molar refractivity (Wildman–Crippen MR) is 220 cm³/mol. The van der Waals surface area contributed by atoms with Crippen molar-refractivity contribution in [2.24, 2.45) is 0 Å². The van der Waals surface area contributed by atoms with Crippen LogP contribution >= 0.6 is 0 Å². The Bertz CT molecular complexity index is 3290. The van der Waals surface area contributed by atoms with Crippen molar-refractivity contribution >= 4 is 65.4 Å². The maximum atomic E-state index is 13.4. The molecule has 54 heavy (non-hydrogen) atoms. The van der Waals surface area contributed by atoms with Crippen molar-refractivity contribution in [1.29, 1.82) is 0 Å². The van der Waals surface area contributed by atoms with E-state index in [2.05, 4.69) is 130 Å². The number of rotatable bonds is 3. The summed E-state index contributed by atoms with van der Waals surface area (Å²) in [7, 11) is 0. The first-order chi connectivity index (χ1) is 26.7. The monoisotopic (exact) mass is 696 g/mol. The Morgan fingerprint density at radius 1 is 0.537 bits per heavy atom. The molecule has 2 atom stereocenters. The molecule has 2 unspecified atom stereocenters. The molecule has 0 fully saturated rings. The van der Waals surface area contributed by atoms with E-state index in [0.29, 0.717) is 16.9 Å². The second-order valence-corrected chi connectivity index (χ2v) is 14.7. The van der Waals surface area contributed by atoms with Crippen LogP contribution in [0.1, 0.15) is 24.3 Å². The van der Waals surface area contributed by atoms with Gasteiger partial charge in [-0.1, -0.05) is 91.0 Å². The van der Waals surface area contributed by atoms with Crippen LogP contribution in [-0.2, 0) is 0 Å². The van der Waals surface area contributed by atoms with E-state index in [4.69, 9.17) is 9.15 Å². The molecule has 2 aliphatic rings. The highest BCUT2D eigenvalue weighted by Gasteiger charge is 2.36. The van der Waals surface area contributed by atoms with Crippen LogP contribution in [0.25, 0.3) is 87.9 Å². The van der Waals surface area contributed by atoms with E-state index in [1.165, 1.54) is 16.3 Å². The lowest BCUT2D eigenvalue weighted by molar-refractivity contribution is 0.204. The zero-order valence-corrected chi connectivity index (χ0v) is 29.2. The van der Waals surface area contributed by atoms with Gasteiger partial charge in [-0.2, -0.15) is 0 Å². The van der Waals surface area contributed by atoms with Crippen LogP contribution in [0.2, 0.25) is 0 Å². The zero-order valence-electron chi connectivity index (χ0n) is 29.2. The normalized spacial score (nSPS) is 16.5. The predicted octanol–water partition coefficient (Wildman–Crippen LogP) is 12.0. The molecular formula is C49H32N2O3. The number of fused-ring (bicyclic) bond motifs is 12. The molecule has 3 aromatic heterocycles. The first-order valence-electron chi connectivity index (χ1n) is 18.7. The summed E-state index contributed by atoms with van der Waals surface area (Å²) in [6, 6.07) is 51.2. The lowest BCUT2D eigenvalue weighted by Gasteiger charge is -2.19. The maximum Gasteiger partial charge on any atom is 0.344 e. The van der Waals surface area contributed by atoms with Crippen LogP contribution in [0.3, 0.4) is 0 Å². The van der Waals surface area contributed by atoms with Gasteiger partial charge in [-0.15, -0.1) is 0 Å². The Morgan fingerprint density at radius 3 is 2.09 bits per heavy atom. The molecule has 256 valence electrons. The number of nitrogens with zero attached hydrogens (tertiary/aromatic N) is 2. The summed E-state index contributed by atoms with van der Waals surface area (Å²) in [5, 5.41) is 7.02. The molecule has 5 nitrogen and oxygen atoms in total. The molecule has 5 heteroatoms. The van der Waals surface area contributed by atoms with Gasteiger partial charge in [-0.3, -0.25) is 0 Å². The van der Waals surface area contributed by atoms with E-state index in [1.54, 1.807) is 0 Å². The van der Waals surface area contributed by atoms with Gasteiger partial charge in [0.05, 0.1) is 33.1 Å². The average molecular weight is 697 g/mol. The number of allylic oxidation sites excluding steroid dienone is 1. The molecule has 0 spiro atoms. The summed E-state index contributed by atoms with van der Waals surface area (Å²) in [4.78, 5) is 13.4. The average Bonchev–Trinajstić information content (AvgIpc) is 3.88. The van der Waals surface area contributed by atoms with Crippen molar-refractivity contribution in [3.05, 3.63) is 174 Å². The number of hydrogen-bond acceptors (Lipinski definition) is 3. The van der Waals surface area contributed by atoms with Crippen LogP contribution in [0.4, 0.5) is 0 Å². The molecule has 1 aliphatic heterocycles. The first-order valence-corrected chi connectivity index (χ1v) is 18.7. The Labute approximate surface area is 309 Å². The smallest absolute Gasteiger partial charge is 0.344 e. The fraction of sp³-hybridized carbons (Fsp3) is 0.0816. The largest absolute Gasteiger partial charge is 0.487 e. The van der Waals surface area contributed by atoms with E-state index in [0.717, 1.165) is 84.7 Å². The van der Waals surface area contributed by atoms with Crippen LogP contribution in [0, 0.1) is 0 Å². The molecule has 1 aliphatic carbocycles. The van der Waals surface area contributed by atoms with Gasteiger partial charge in [-0.05, 0) is 90.7 Å². The lowest BCUT2D eigenvalue weighted by Crippen LogP contribution is -2.19. The van der Waals surface area contributed by atoms with Crippen LogP contribution in [-0.4, -0.2) is 15.2 Å². The van der Waals surface area contributed by atoms with E-state index < -0.39 is 0 Å². The van der Waals surface area contributed by atoms with Crippen molar-refractivity contribution < 1.29 is 9.15 Å². The van der Waals surface area contributed by atoms with Gasteiger partial charge < -0.3 is 18.3 Å². The van der Waals surface area contributed by atoms with Gasteiger partial charge >= 0.3 is 5.63 Å². The Kier molecular flexibility index (Phi) is 6.09. The van der Waals surface area contributed by atoms with Crippen molar-refractivity contribution in [3.63, 3.8) is 0 Å². The molecular weight excluding hydrogens is 665 g/mol. The molecule has 0 saturated carbocycles. The van der Waals surface area contributed by atoms with Gasteiger partial charge in [0.2, 0.25) is 0 Å². The summed E-state index contributed by atoms with van der Waals surface area (Å²) < 4.78 is 17.2. The van der Waals surface area contributed by atoms with Gasteiger partial charge in [0.15, 0.2) is 0 Å². The summed E-state index contributed by atoms with van der Waals surface area (Å²) in [5.41, 5.74) is 10.3. The van der Waals surface area contributed by atoms with Crippen molar-refractivity contribution in [3.8, 4) is 28.3 Å². The van der Waals surface area contributed by atoms with Crippen molar-refractivity contribution in [1.82, 2.24) is 9.13 Å². The van der Waals surface area contributed by atoms with Crippen molar-refractivity contribution in [2.75, 3.05) is 0 Å². The van der Waals surface area contributed by atoms with Crippen LogP contribution in [0.5, 0.6) is 5.75 Å². The minimum absolute atomic E-state index is 0.197. The molecule has 0 radical (unpaired) electrons. The third kappa shape index (κ3) is 4.12. The summed E-state index contributed by atoms with van der Waals surface area (Å²) >= 11 is 0. The number of aromatic nitrogens is 2. The SMILES string of the molecule is O=c1oc2ccccc2c2cc3c4cc(-c5ccc6c(c5)c5ccccc5n6-c5cccc6c5OC5CCC=CC65)ccc4n(-c4ccccc4)c3cc12. The molecule has 0 bridgehead atoms. The maximum absolute atomic E-state index is 13.4. The molecule has 10 aromatic rings. The highest BCUT2D eigenvalue weighted by atomic mass is 16.5. The Morgan fingerprint density at radius 2 is 1.24 bits per heavy atom. The number of para-hydroxylation sites is 4. The fourth-order valence-electron chi connectivity index (χ4n) is 9.34. The number of ether oxygens (including phenoxy) is 1. The first kappa shape index (κ1) is 29.7. The second-order valence-electron chi connectivity index (χ2n) is 14.7. The standard InChI is InChI=1S/C49H32N2O3/c52-49-40-28-45-39(27-36(40)34-15-6-9-20-47(34)54-49)38-26-30(21-23-42(38)50(45)31-11-2-1-3-12-31)29-22-24-43-37(25-29)32-13-4-7-17-41(32)51(43)44-18-10-16-35-33-14-5-8-19-46(33)53-48(35)44/h1-7,9-18,20-28,33,46H,8,19H2. The molecule has 0 amide bonds. The van der Waals surface area contributed by atoms with Gasteiger partial charge in [-0.25, -0.2) is 4.79 Å². The molecule has 4 heterocycles. The highest BCUT2D eigenvalue weighted by Crippen LogP contribution is 2.48. The molecule has 0 saturated heterocycles. The van der Waals surface area contributed by atoms with Gasteiger partial charge in [0.1, 0.15) is 17.4 Å². The summed E-state index contributed by atoms with van der Waals surface area (Å²) in [5.74, 6) is 1.31. The number of benzene rings is 7. The zero-order chi connectivity index (χ0) is 35.5. The molecule has 0 N–H and O–H groups in total. The van der Waals surface area contributed by atoms with Gasteiger partial charge in [0, 0.05) is 49.5 Å². The molecule has 12 rings (SSSR count). The van der Waals surface area contributed by atoms with E-state index in [9.17, 15) is 4.79 Å². The third-order valence-corrected chi connectivity index (χ3v) is 11.8. The number of hydrogen-bond donors (Lipinski definition) is 0. The van der Waals surface area contributed by atoms with Crippen LogP contribution < -0.4 is 10.4 Å². The Hall–Kier alpha value is -6.85. The van der Waals surface area contributed by atoms with E-state index in [-0.39, 0.29) is 11.7 Å². The van der Waals surface area contributed by atoms with Crippen molar-refractivity contribution in [2.45, 2.75) is 24.9 Å². The van der Waals surface area contributed by atoms with E-state index in [1.807, 2.05) is 36.4 Å².